The van der Waals surface area contributed by atoms with E-state index >= 15 is 0 Å². The fourth-order valence-electron chi connectivity index (χ4n) is 3.23. The van der Waals surface area contributed by atoms with Crippen LogP contribution in [-0.2, 0) is 6.42 Å². The van der Waals surface area contributed by atoms with Gasteiger partial charge < -0.3 is 5.32 Å². The minimum atomic E-state index is 0.671. The van der Waals surface area contributed by atoms with Gasteiger partial charge in [0, 0.05) is 6.04 Å². The molecule has 1 aliphatic carbocycles. The van der Waals surface area contributed by atoms with Crippen molar-refractivity contribution in [2.24, 2.45) is 5.92 Å². The van der Waals surface area contributed by atoms with Crippen LogP contribution in [0, 0.1) is 5.92 Å². The molecular formula is C18H23NS. The summed E-state index contributed by atoms with van der Waals surface area (Å²) in [6, 6.07) is 13.9. The van der Waals surface area contributed by atoms with Gasteiger partial charge in [-0.25, -0.2) is 0 Å². The van der Waals surface area contributed by atoms with Crippen LogP contribution in [0.1, 0.15) is 36.8 Å². The summed E-state index contributed by atoms with van der Waals surface area (Å²) >= 11 is 1.81. The third kappa shape index (κ3) is 3.31. The summed E-state index contributed by atoms with van der Waals surface area (Å²) in [5.41, 5.74) is 3.02. The van der Waals surface area contributed by atoms with Crippen molar-refractivity contribution < 1.29 is 0 Å². The topological polar surface area (TPSA) is 12.0 Å². The van der Waals surface area contributed by atoms with Crippen molar-refractivity contribution in [3.05, 3.63) is 58.3 Å². The van der Waals surface area contributed by atoms with Gasteiger partial charge in [-0.15, -0.1) is 0 Å². The summed E-state index contributed by atoms with van der Waals surface area (Å²) in [6.07, 6.45) is 3.82. The molecular weight excluding hydrogens is 262 g/mol. The highest BCUT2D eigenvalue weighted by atomic mass is 32.1. The highest BCUT2D eigenvalue weighted by molar-refractivity contribution is 7.07. The third-order valence-electron chi connectivity index (χ3n) is 4.37. The van der Waals surface area contributed by atoms with E-state index in [9.17, 15) is 0 Å². The summed E-state index contributed by atoms with van der Waals surface area (Å²) in [5, 5.41) is 8.17. The molecule has 3 rings (SSSR count). The molecule has 106 valence electrons. The molecule has 2 aromatic rings. The van der Waals surface area contributed by atoms with Gasteiger partial charge >= 0.3 is 0 Å². The second-order valence-electron chi connectivity index (χ2n) is 5.75. The summed E-state index contributed by atoms with van der Waals surface area (Å²) < 4.78 is 0. The molecule has 1 aromatic heterocycles. The van der Waals surface area contributed by atoms with Gasteiger partial charge in [0.2, 0.25) is 0 Å². The van der Waals surface area contributed by atoms with Crippen LogP contribution < -0.4 is 5.32 Å². The average molecular weight is 285 g/mol. The third-order valence-corrected chi connectivity index (χ3v) is 5.11. The van der Waals surface area contributed by atoms with Crippen molar-refractivity contribution in [1.82, 2.24) is 5.32 Å². The maximum Gasteiger partial charge on any atom is 0.0104 e. The average Bonchev–Trinajstić information content (AvgIpc) is 3.11. The Kier molecular flexibility index (Phi) is 4.54. The molecule has 1 aromatic carbocycles. The van der Waals surface area contributed by atoms with Crippen LogP contribution in [0.3, 0.4) is 0 Å². The lowest BCUT2D eigenvalue weighted by Gasteiger charge is -2.18. The number of thiophene rings is 1. The highest BCUT2D eigenvalue weighted by Gasteiger charge is 2.42. The molecule has 0 bridgehead atoms. The van der Waals surface area contributed by atoms with Crippen molar-refractivity contribution in [1.29, 1.82) is 0 Å². The Morgan fingerprint density at radius 2 is 2.10 bits per heavy atom. The summed E-state index contributed by atoms with van der Waals surface area (Å²) in [6.45, 7) is 3.30. The number of hydrogen-bond acceptors (Lipinski definition) is 2. The van der Waals surface area contributed by atoms with Crippen LogP contribution in [-0.4, -0.2) is 12.6 Å². The van der Waals surface area contributed by atoms with Gasteiger partial charge in [0.05, 0.1) is 0 Å². The summed E-state index contributed by atoms with van der Waals surface area (Å²) in [7, 11) is 0. The van der Waals surface area contributed by atoms with E-state index in [0.29, 0.717) is 6.04 Å². The van der Waals surface area contributed by atoms with E-state index in [2.05, 4.69) is 59.4 Å². The van der Waals surface area contributed by atoms with E-state index in [-0.39, 0.29) is 0 Å². The maximum absolute atomic E-state index is 3.71. The predicted molar refractivity (Wildman–Crippen MR) is 87.4 cm³/mol. The second-order valence-corrected chi connectivity index (χ2v) is 6.53. The zero-order chi connectivity index (χ0) is 13.8. The molecule has 0 spiro atoms. The zero-order valence-electron chi connectivity index (χ0n) is 12.1. The molecule has 0 saturated heterocycles. The quantitative estimate of drug-likeness (QED) is 0.792. The first kappa shape index (κ1) is 13.8. The summed E-state index contributed by atoms with van der Waals surface area (Å²) in [5.74, 6) is 1.61. The van der Waals surface area contributed by atoms with Crippen molar-refractivity contribution in [2.75, 3.05) is 6.54 Å². The number of rotatable bonds is 7. The monoisotopic (exact) mass is 285 g/mol. The van der Waals surface area contributed by atoms with Crippen LogP contribution in [0.4, 0.5) is 0 Å². The van der Waals surface area contributed by atoms with Gasteiger partial charge in [0.25, 0.3) is 0 Å². The molecule has 1 fully saturated rings. The van der Waals surface area contributed by atoms with Gasteiger partial charge in [-0.1, -0.05) is 37.3 Å². The largest absolute Gasteiger partial charge is 0.314 e. The van der Waals surface area contributed by atoms with Crippen molar-refractivity contribution in [3.63, 3.8) is 0 Å². The standard InChI is InChI=1S/C18H23NS/c1-2-19-18(9-8-14-10-11-20-13-14)17-12-16(17)15-6-4-3-5-7-15/h3-7,10-11,13,16-19H,2,8-9,12H2,1H3. The van der Waals surface area contributed by atoms with E-state index in [1.165, 1.54) is 30.4 Å². The minimum absolute atomic E-state index is 0.671. The van der Waals surface area contributed by atoms with E-state index in [4.69, 9.17) is 0 Å². The lowest BCUT2D eigenvalue weighted by molar-refractivity contribution is 0.439. The molecule has 1 aliphatic rings. The van der Waals surface area contributed by atoms with E-state index < -0.39 is 0 Å². The maximum atomic E-state index is 3.71. The van der Waals surface area contributed by atoms with E-state index in [1.807, 2.05) is 0 Å². The molecule has 1 saturated carbocycles. The highest BCUT2D eigenvalue weighted by Crippen LogP contribution is 2.50. The number of hydrogen-bond donors (Lipinski definition) is 1. The van der Waals surface area contributed by atoms with Gasteiger partial charge in [0.15, 0.2) is 0 Å². The minimum Gasteiger partial charge on any atom is -0.314 e. The van der Waals surface area contributed by atoms with Gasteiger partial charge in [0.1, 0.15) is 0 Å². The Morgan fingerprint density at radius 3 is 2.80 bits per heavy atom. The van der Waals surface area contributed by atoms with Crippen molar-refractivity contribution >= 4 is 11.3 Å². The Hall–Kier alpha value is -1.12. The van der Waals surface area contributed by atoms with Crippen molar-refractivity contribution in [3.8, 4) is 0 Å². The Bertz CT molecular complexity index is 505. The van der Waals surface area contributed by atoms with Gasteiger partial charge in [-0.3, -0.25) is 0 Å². The SMILES string of the molecule is CCNC(CCc1ccsc1)C1CC1c1ccccc1. The number of aryl methyl sites for hydroxylation is 1. The van der Waals surface area contributed by atoms with E-state index in [1.54, 1.807) is 11.3 Å². The summed E-state index contributed by atoms with van der Waals surface area (Å²) in [4.78, 5) is 0. The molecule has 3 unspecified atom stereocenters. The van der Waals surface area contributed by atoms with Crippen molar-refractivity contribution in [2.45, 2.75) is 38.1 Å². The molecule has 0 aliphatic heterocycles. The van der Waals surface area contributed by atoms with Crippen LogP contribution >= 0.6 is 11.3 Å². The smallest absolute Gasteiger partial charge is 0.0104 e. The molecule has 0 radical (unpaired) electrons. The molecule has 20 heavy (non-hydrogen) atoms. The second kappa shape index (κ2) is 6.55. The Labute approximate surface area is 126 Å². The molecule has 2 heteroatoms. The molecule has 1 heterocycles. The van der Waals surface area contributed by atoms with Crippen LogP contribution in [0.2, 0.25) is 0 Å². The normalized spacial score (nSPS) is 22.6. The molecule has 1 N–H and O–H groups in total. The fourth-order valence-corrected chi connectivity index (χ4v) is 3.93. The molecule has 1 nitrogen and oxygen atoms in total. The first-order valence-corrected chi connectivity index (χ1v) is 8.62. The van der Waals surface area contributed by atoms with Crippen LogP contribution in [0.15, 0.2) is 47.2 Å². The molecule has 0 amide bonds. The van der Waals surface area contributed by atoms with E-state index in [0.717, 1.165) is 18.4 Å². The first-order valence-electron chi connectivity index (χ1n) is 7.68. The van der Waals surface area contributed by atoms with Crippen LogP contribution in [0.5, 0.6) is 0 Å². The fraction of sp³-hybridized carbons (Fsp3) is 0.444. The number of nitrogens with one attached hydrogen (secondary N) is 1. The zero-order valence-corrected chi connectivity index (χ0v) is 12.9. The lowest BCUT2D eigenvalue weighted by Crippen LogP contribution is -2.31. The first-order chi connectivity index (χ1) is 9.88. The Morgan fingerprint density at radius 1 is 1.25 bits per heavy atom. The van der Waals surface area contributed by atoms with Gasteiger partial charge in [-0.05, 0) is 65.6 Å². The number of benzene rings is 1. The van der Waals surface area contributed by atoms with Crippen LogP contribution in [0.25, 0.3) is 0 Å². The predicted octanol–water partition coefficient (Wildman–Crippen LogP) is 4.46. The lowest BCUT2D eigenvalue weighted by atomic mass is 10.00. The Balaban J connectivity index is 1.58. The molecule has 3 atom stereocenters. The van der Waals surface area contributed by atoms with Gasteiger partial charge in [-0.2, -0.15) is 11.3 Å².